The van der Waals surface area contributed by atoms with Gasteiger partial charge in [-0.25, -0.2) is 9.97 Å². The van der Waals surface area contributed by atoms with Crippen molar-refractivity contribution in [1.82, 2.24) is 9.97 Å². The van der Waals surface area contributed by atoms with Crippen molar-refractivity contribution in [3.05, 3.63) is 40.1 Å². The first-order chi connectivity index (χ1) is 9.12. The minimum absolute atomic E-state index is 0.323. The highest BCUT2D eigenvalue weighted by atomic mass is 79.9. The van der Waals surface area contributed by atoms with E-state index in [1.165, 1.54) is 0 Å². The Morgan fingerprint density at radius 1 is 1.32 bits per heavy atom. The molecule has 0 bridgehead atoms. The molecule has 0 aliphatic rings. The Balaban J connectivity index is 2.38. The highest BCUT2D eigenvalue weighted by Crippen LogP contribution is 2.29. The normalized spacial score (nSPS) is 9.79. The minimum atomic E-state index is 0.323. The van der Waals surface area contributed by atoms with Gasteiger partial charge in [-0.1, -0.05) is 15.9 Å². The molecule has 0 radical (unpaired) electrons. The lowest BCUT2D eigenvalue weighted by Gasteiger charge is -2.10. The second kappa shape index (κ2) is 5.67. The molecule has 5 nitrogen and oxygen atoms in total. The van der Waals surface area contributed by atoms with E-state index in [4.69, 9.17) is 10.00 Å². The van der Waals surface area contributed by atoms with E-state index in [1.54, 1.807) is 13.2 Å². The number of nitrogens with zero attached hydrogens (tertiary/aromatic N) is 3. The minimum Gasteiger partial charge on any atom is -0.495 e. The number of hydrogen-bond acceptors (Lipinski definition) is 5. The molecule has 0 unspecified atom stereocenters. The molecule has 1 N–H and O–H groups in total. The van der Waals surface area contributed by atoms with Crippen LogP contribution in [-0.2, 0) is 0 Å². The van der Waals surface area contributed by atoms with Crippen molar-refractivity contribution in [2.24, 2.45) is 0 Å². The van der Waals surface area contributed by atoms with Gasteiger partial charge in [0.25, 0.3) is 0 Å². The molecule has 6 heteroatoms. The zero-order valence-electron chi connectivity index (χ0n) is 10.4. The van der Waals surface area contributed by atoms with Gasteiger partial charge in [0.15, 0.2) is 0 Å². The summed E-state index contributed by atoms with van der Waals surface area (Å²) in [6, 6.07) is 9.19. The molecule has 96 valence electrons. The Morgan fingerprint density at radius 2 is 2.11 bits per heavy atom. The topological polar surface area (TPSA) is 70.8 Å². The summed E-state index contributed by atoms with van der Waals surface area (Å²) in [7, 11) is 1.59. The van der Waals surface area contributed by atoms with Crippen molar-refractivity contribution in [3.8, 4) is 11.8 Å². The average Bonchev–Trinajstić information content (AvgIpc) is 2.38. The molecule has 0 saturated carbocycles. The number of nitrogens with one attached hydrogen (secondary N) is 1. The van der Waals surface area contributed by atoms with Crippen LogP contribution in [-0.4, -0.2) is 17.1 Å². The Labute approximate surface area is 119 Å². The maximum absolute atomic E-state index is 8.90. The quantitative estimate of drug-likeness (QED) is 0.941. The molecular weight excluding hydrogens is 308 g/mol. The monoisotopic (exact) mass is 318 g/mol. The maximum atomic E-state index is 8.90. The second-order valence-electron chi connectivity index (χ2n) is 3.80. The van der Waals surface area contributed by atoms with Crippen LogP contribution in [0, 0.1) is 18.3 Å². The predicted octanol–water partition coefficient (Wildman–Crippen LogP) is 3.17. The maximum Gasteiger partial charge on any atom is 0.228 e. The van der Waals surface area contributed by atoms with Gasteiger partial charge >= 0.3 is 0 Å². The molecule has 1 aromatic carbocycles. The molecule has 19 heavy (non-hydrogen) atoms. The highest BCUT2D eigenvalue weighted by Gasteiger charge is 2.07. The van der Waals surface area contributed by atoms with Crippen molar-refractivity contribution < 1.29 is 4.74 Å². The molecule has 1 heterocycles. The standard InChI is InChI=1S/C13H11BrN4O/c1-8-5-10(7-15)17-13(16-8)18-11-6-9(14)3-4-12(11)19-2/h3-6H,1-2H3,(H,16,17,18). The van der Waals surface area contributed by atoms with E-state index in [-0.39, 0.29) is 0 Å². The van der Waals surface area contributed by atoms with Crippen LogP contribution >= 0.6 is 15.9 Å². The number of hydrogen-bond donors (Lipinski definition) is 1. The van der Waals surface area contributed by atoms with E-state index in [2.05, 4.69) is 31.2 Å². The van der Waals surface area contributed by atoms with E-state index in [0.717, 1.165) is 15.9 Å². The molecule has 2 rings (SSSR count). The zero-order chi connectivity index (χ0) is 13.8. The average molecular weight is 319 g/mol. The summed E-state index contributed by atoms with van der Waals surface area (Å²) in [6.45, 7) is 1.81. The number of benzene rings is 1. The lowest BCUT2D eigenvalue weighted by Crippen LogP contribution is -2.01. The number of nitriles is 1. The van der Waals surface area contributed by atoms with Crippen LogP contribution in [0.4, 0.5) is 11.6 Å². The fourth-order valence-corrected chi connectivity index (χ4v) is 1.94. The first-order valence-electron chi connectivity index (χ1n) is 5.48. The SMILES string of the molecule is COc1ccc(Br)cc1Nc1nc(C)cc(C#N)n1. The number of rotatable bonds is 3. The predicted molar refractivity (Wildman–Crippen MR) is 75.5 cm³/mol. The lowest BCUT2D eigenvalue weighted by atomic mass is 10.3. The first kappa shape index (κ1) is 13.3. The van der Waals surface area contributed by atoms with Crippen LogP contribution in [0.15, 0.2) is 28.7 Å². The van der Waals surface area contributed by atoms with Gasteiger partial charge < -0.3 is 10.1 Å². The van der Waals surface area contributed by atoms with Crippen LogP contribution in [0.3, 0.4) is 0 Å². The van der Waals surface area contributed by atoms with Crippen LogP contribution in [0.1, 0.15) is 11.4 Å². The Kier molecular flexibility index (Phi) is 3.97. The van der Waals surface area contributed by atoms with Gasteiger partial charge in [0, 0.05) is 10.2 Å². The number of halogens is 1. The summed E-state index contributed by atoms with van der Waals surface area (Å²) in [6.07, 6.45) is 0. The number of anilines is 2. The van der Waals surface area contributed by atoms with E-state index in [0.29, 0.717) is 17.4 Å². The molecule has 0 amide bonds. The zero-order valence-corrected chi connectivity index (χ0v) is 12.0. The fourth-order valence-electron chi connectivity index (χ4n) is 1.58. The third-order valence-electron chi connectivity index (χ3n) is 2.38. The van der Waals surface area contributed by atoms with Crippen LogP contribution < -0.4 is 10.1 Å². The Hall–Kier alpha value is -2.13. The lowest BCUT2D eigenvalue weighted by molar-refractivity contribution is 0.416. The summed E-state index contributed by atoms with van der Waals surface area (Å²) in [5.74, 6) is 1.04. The summed E-state index contributed by atoms with van der Waals surface area (Å²) >= 11 is 3.39. The highest BCUT2D eigenvalue weighted by molar-refractivity contribution is 9.10. The number of aromatic nitrogens is 2. The second-order valence-corrected chi connectivity index (χ2v) is 4.72. The third kappa shape index (κ3) is 3.20. The van der Waals surface area contributed by atoms with Crippen molar-refractivity contribution in [2.45, 2.75) is 6.92 Å². The fraction of sp³-hybridized carbons (Fsp3) is 0.154. The van der Waals surface area contributed by atoms with Gasteiger partial charge in [0.2, 0.25) is 5.95 Å². The summed E-state index contributed by atoms with van der Waals surface area (Å²) in [5.41, 5.74) is 1.78. The molecule has 0 saturated heterocycles. The third-order valence-corrected chi connectivity index (χ3v) is 2.87. The Bertz CT molecular complexity index is 652. The molecule has 0 spiro atoms. The van der Waals surface area contributed by atoms with Crippen molar-refractivity contribution >= 4 is 27.6 Å². The van der Waals surface area contributed by atoms with Gasteiger partial charge in [0.05, 0.1) is 12.8 Å². The van der Waals surface area contributed by atoms with Gasteiger partial charge in [0.1, 0.15) is 17.5 Å². The van der Waals surface area contributed by atoms with Gasteiger partial charge in [-0.15, -0.1) is 0 Å². The van der Waals surface area contributed by atoms with Gasteiger partial charge in [-0.2, -0.15) is 5.26 Å². The van der Waals surface area contributed by atoms with Crippen molar-refractivity contribution in [1.29, 1.82) is 5.26 Å². The molecule has 2 aromatic rings. The summed E-state index contributed by atoms with van der Waals surface area (Å²) < 4.78 is 6.16. The summed E-state index contributed by atoms with van der Waals surface area (Å²) in [5, 5.41) is 11.9. The van der Waals surface area contributed by atoms with E-state index < -0.39 is 0 Å². The van der Waals surface area contributed by atoms with E-state index >= 15 is 0 Å². The molecule has 0 aliphatic carbocycles. The molecule has 0 aliphatic heterocycles. The molecule has 0 atom stereocenters. The summed E-state index contributed by atoms with van der Waals surface area (Å²) in [4.78, 5) is 8.34. The van der Waals surface area contributed by atoms with Crippen LogP contribution in [0.5, 0.6) is 5.75 Å². The van der Waals surface area contributed by atoms with Crippen molar-refractivity contribution in [2.75, 3.05) is 12.4 Å². The number of methoxy groups -OCH3 is 1. The number of aryl methyl sites for hydroxylation is 1. The van der Waals surface area contributed by atoms with Crippen LogP contribution in [0.25, 0.3) is 0 Å². The molecule has 0 fully saturated rings. The van der Waals surface area contributed by atoms with Crippen LogP contribution in [0.2, 0.25) is 0 Å². The number of ether oxygens (including phenoxy) is 1. The Morgan fingerprint density at radius 3 is 2.79 bits per heavy atom. The van der Waals surface area contributed by atoms with Crippen molar-refractivity contribution in [3.63, 3.8) is 0 Å². The largest absolute Gasteiger partial charge is 0.495 e. The smallest absolute Gasteiger partial charge is 0.228 e. The van der Waals surface area contributed by atoms with Gasteiger partial charge in [-0.05, 0) is 31.2 Å². The first-order valence-corrected chi connectivity index (χ1v) is 6.28. The van der Waals surface area contributed by atoms with E-state index in [1.807, 2.05) is 31.2 Å². The van der Waals surface area contributed by atoms with Gasteiger partial charge in [-0.3, -0.25) is 0 Å². The molecule has 1 aromatic heterocycles. The molecular formula is C13H11BrN4O. The van der Waals surface area contributed by atoms with E-state index in [9.17, 15) is 0 Å².